The van der Waals surface area contributed by atoms with Gasteiger partial charge in [-0.25, -0.2) is 4.79 Å². The Labute approximate surface area is 91.4 Å². The Bertz CT molecular complexity index is 443. The molecule has 0 aliphatic heterocycles. The molecule has 1 rings (SSSR count). The number of benzene rings is 1. The highest BCUT2D eigenvalue weighted by Gasteiger charge is 2.42. The number of hydrogen-bond acceptors (Lipinski definition) is 3. The number of nitrogens with zero attached hydrogens (tertiary/aromatic N) is 2. The van der Waals surface area contributed by atoms with Gasteiger partial charge in [-0.1, -0.05) is 0 Å². The quantitative estimate of drug-likeness (QED) is 0.267. The number of alkyl halides is 3. The van der Waals surface area contributed by atoms with Crippen LogP contribution >= 0.6 is 0 Å². The van der Waals surface area contributed by atoms with Gasteiger partial charge in [-0.05, 0) is 12.1 Å². The van der Waals surface area contributed by atoms with E-state index in [0.717, 1.165) is 12.1 Å². The third-order valence-corrected chi connectivity index (χ3v) is 1.75. The number of nitro groups is 1. The van der Waals surface area contributed by atoms with Gasteiger partial charge in [0.2, 0.25) is 0 Å². The molecule has 0 N–H and O–H groups in total. The Morgan fingerprint density at radius 2 is 1.71 bits per heavy atom. The lowest BCUT2D eigenvalue weighted by Crippen LogP contribution is -2.40. The van der Waals surface area contributed by atoms with Gasteiger partial charge in [0.25, 0.3) is 5.69 Å². The molecule has 92 valence electrons. The summed E-state index contributed by atoms with van der Waals surface area (Å²) in [5.74, 6) is 0. The third kappa shape index (κ3) is 2.89. The highest BCUT2D eigenvalue weighted by Crippen LogP contribution is 2.30. The molecule has 1 amide bonds. The molecule has 1 aromatic rings. The first-order valence-electron chi connectivity index (χ1n) is 4.04. The van der Waals surface area contributed by atoms with Crippen LogP contribution in [0.5, 0.6) is 0 Å². The van der Waals surface area contributed by atoms with Crippen molar-refractivity contribution in [2.75, 3.05) is 4.90 Å². The molecule has 17 heavy (non-hydrogen) atoms. The van der Waals surface area contributed by atoms with E-state index in [-0.39, 0.29) is 0 Å². The van der Waals surface area contributed by atoms with Crippen molar-refractivity contribution in [3.8, 4) is 0 Å². The van der Waals surface area contributed by atoms with E-state index in [0.29, 0.717) is 12.1 Å². The fraction of sp³-hybridized carbons (Fsp3) is 0.125. The van der Waals surface area contributed by atoms with Crippen LogP contribution in [0.4, 0.5) is 33.7 Å². The zero-order valence-corrected chi connectivity index (χ0v) is 7.94. The van der Waals surface area contributed by atoms with E-state index in [4.69, 9.17) is 0 Å². The minimum absolute atomic E-state index is 0.470. The Hall–Kier alpha value is -2.19. The maximum Gasteiger partial charge on any atom is 0.493 e. The topological polar surface area (TPSA) is 63.5 Å². The molecule has 0 radical (unpaired) electrons. The summed E-state index contributed by atoms with van der Waals surface area (Å²) in [5.41, 5.74) is -1.31. The number of anilines is 1. The first-order chi connectivity index (χ1) is 7.73. The number of carbonyl (C=O) groups excluding carboxylic acids is 1. The summed E-state index contributed by atoms with van der Waals surface area (Å²) in [6.45, 7) is 0. The predicted octanol–water partition coefficient (Wildman–Crippen LogP) is 3.01. The number of rotatable bonds is 2. The van der Waals surface area contributed by atoms with Gasteiger partial charge in [-0.3, -0.25) is 10.1 Å². The monoisotopic (exact) mass is 252 g/mol. The first-order valence-corrected chi connectivity index (χ1v) is 4.04. The zero-order valence-electron chi connectivity index (χ0n) is 7.94. The molecule has 9 heteroatoms. The second kappa shape index (κ2) is 4.36. The first kappa shape index (κ1) is 12.9. The minimum Gasteiger partial charge on any atom is -0.258 e. The average Bonchev–Trinajstić information content (AvgIpc) is 2.15. The van der Waals surface area contributed by atoms with E-state index < -0.39 is 33.7 Å². The van der Waals surface area contributed by atoms with Crippen molar-refractivity contribution < 1.29 is 27.3 Å². The minimum atomic E-state index is -5.23. The number of halogens is 4. The van der Waals surface area contributed by atoms with E-state index >= 15 is 0 Å². The summed E-state index contributed by atoms with van der Waals surface area (Å²) in [7, 11) is 0. The summed E-state index contributed by atoms with van der Waals surface area (Å²) in [4.78, 5) is 18.6. The Kier molecular flexibility index (Phi) is 3.30. The van der Waals surface area contributed by atoms with E-state index in [1.54, 1.807) is 0 Å². The van der Waals surface area contributed by atoms with Crippen LogP contribution in [0.3, 0.4) is 0 Å². The van der Waals surface area contributed by atoms with Crippen molar-refractivity contribution >= 4 is 17.5 Å². The molecule has 0 spiro atoms. The van der Waals surface area contributed by atoms with Gasteiger partial charge < -0.3 is 0 Å². The van der Waals surface area contributed by atoms with Crippen LogP contribution in [0.1, 0.15) is 0 Å². The third-order valence-electron chi connectivity index (χ3n) is 1.75. The van der Waals surface area contributed by atoms with E-state index in [1.807, 2.05) is 0 Å². The van der Waals surface area contributed by atoms with Crippen LogP contribution in [0.2, 0.25) is 0 Å². The van der Waals surface area contributed by atoms with Gasteiger partial charge in [0.05, 0.1) is 10.6 Å². The average molecular weight is 252 g/mol. The lowest BCUT2D eigenvalue weighted by atomic mass is 10.2. The molecule has 0 atom stereocenters. The molecular weight excluding hydrogens is 248 g/mol. The summed E-state index contributed by atoms with van der Waals surface area (Å²) < 4.78 is 49.0. The maximum absolute atomic E-state index is 12.2. The molecule has 0 saturated heterocycles. The van der Waals surface area contributed by atoms with Crippen LogP contribution in [-0.4, -0.2) is 17.4 Å². The Balaban J connectivity index is 3.13. The van der Waals surface area contributed by atoms with Gasteiger partial charge in [0, 0.05) is 12.1 Å². The van der Waals surface area contributed by atoms with Crippen LogP contribution in [-0.2, 0) is 0 Å². The maximum atomic E-state index is 12.2. The number of hydrogen-bond donors (Lipinski definition) is 0. The van der Waals surface area contributed by atoms with Crippen molar-refractivity contribution in [1.82, 2.24) is 0 Å². The second-order valence-electron chi connectivity index (χ2n) is 2.83. The van der Waals surface area contributed by atoms with Crippen molar-refractivity contribution in [1.29, 1.82) is 0 Å². The van der Waals surface area contributed by atoms with Crippen molar-refractivity contribution in [3.05, 3.63) is 34.4 Å². The smallest absolute Gasteiger partial charge is 0.258 e. The summed E-state index contributed by atoms with van der Waals surface area (Å²) in [6, 6.07) is 2.72. The molecule has 0 aliphatic carbocycles. The number of nitro benzene ring substituents is 1. The predicted molar refractivity (Wildman–Crippen MR) is 48.1 cm³/mol. The molecular formula is C8H4F4N2O3. The van der Waals surface area contributed by atoms with Crippen LogP contribution in [0, 0.1) is 10.1 Å². The molecule has 5 nitrogen and oxygen atoms in total. The number of carbonyl (C=O) groups is 1. The standard InChI is InChI=1S/C8H4F4N2O3/c9-7(15)13(8(10,11)12)5-1-3-6(4-2-5)14(16)17/h1-4H. The highest BCUT2D eigenvalue weighted by atomic mass is 19.4. The van der Waals surface area contributed by atoms with Gasteiger partial charge in [0.15, 0.2) is 0 Å². The summed E-state index contributed by atoms with van der Waals surface area (Å²) in [5, 5.41) is 10.2. The largest absolute Gasteiger partial charge is 0.493 e. The Morgan fingerprint density at radius 1 is 1.24 bits per heavy atom. The van der Waals surface area contributed by atoms with Crippen LogP contribution in [0.25, 0.3) is 0 Å². The van der Waals surface area contributed by atoms with Crippen LogP contribution in [0.15, 0.2) is 24.3 Å². The number of amides is 1. The molecule has 0 unspecified atom stereocenters. The van der Waals surface area contributed by atoms with Crippen molar-refractivity contribution in [2.45, 2.75) is 6.30 Å². The fourth-order valence-corrected chi connectivity index (χ4v) is 1.07. The fourth-order valence-electron chi connectivity index (χ4n) is 1.07. The van der Waals surface area contributed by atoms with Gasteiger partial charge >= 0.3 is 12.5 Å². The molecule has 0 aliphatic rings. The molecule has 0 bridgehead atoms. The van der Waals surface area contributed by atoms with Gasteiger partial charge in [-0.15, -0.1) is 17.6 Å². The summed E-state index contributed by atoms with van der Waals surface area (Å²) in [6.07, 6.45) is -7.95. The lowest BCUT2D eigenvalue weighted by molar-refractivity contribution is -0.384. The van der Waals surface area contributed by atoms with Gasteiger partial charge in [0.1, 0.15) is 0 Å². The molecule has 0 aromatic heterocycles. The molecule has 0 saturated carbocycles. The number of non-ortho nitro benzene ring substituents is 1. The van der Waals surface area contributed by atoms with Crippen LogP contribution < -0.4 is 4.90 Å². The zero-order chi connectivity index (χ0) is 13.2. The summed E-state index contributed by atoms with van der Waals surface area (Å²) >= 11 is 0. The lowest BCUT2D eigenvalue weighted by Gasteiger charge is -2.20. The highest BCUT2D eigenvalue weighted by molar-refractivity contribution is 5.87. The normalized spacial score (nSPS) is 11.1. The molecule has 0 heterocycles. The van der Waals surface area contributed by atoms with E-state index in [1.165, 1.54) is 0 Å². The molecule has 0 fully saturated rings. The second-order valence-corrected chi connectivity index (χ2v) is 2.83. The SMILES string of the molecule is O=C(F)N(c1ccc([N+](=O)[O-])cc1)C(F)(F)F. The Morgan fingerprint density at radius 3 is 2.00 bits per heavy atom. The molecule has 1 aromatic carbocycles. The van der Waals surface area contributed by atoms with E-state index in [2.05, 4.69) is 0 Å². The van der Waals surface area contributed by atoms with Crippen molar-refractivity contribution in [2.24, 2.45) is 0 Å². The van der Waals surface area contributed by atoms with Gasteiger partial charge in [-0.2, -0.15) is 4.90 Å². The van der Waals surface area contributed by atoms with E-state index in [9.17, 15) is 32.5 Å². The van der Waals surface area contributed by atoms with Crippen molar-refractivity contribution in [3.63, 3.8) is 0 Å².